The van der Waals surface area contributed by atoms with E-state index in [0.29, 0.717) is 19.4 Å². The summed E-state index contributed by atoms with van der Waals surface area (Å²) >= 11 is 3.53. The van der Waals surface area contributed by atoms with Gasteiger partial charge in [0.05, 0.1) is 0 Å². The van der Waals surface area contributed by atoms with Gasteiger partial charge < -0.3 is 4.74 Å². The molecule has 0 atom stereocenters. The van der Waals surface area contributed by atoms with E-state index in [-0.39, 0.29) is 5.56 Å². The van der Waals surface area contributed by atoms with Gasteiger partial charge in [0.2, 0.25) is 0 Å². The van der Waals surface area contributed by atoms with Crippen LogP contribution < -0.4 is 10.3 Å². The van der Waals surface area contributed by atoms with E-state index in [1.54, 1.807) is 6.07 Å². The molecule has 146 valence electrons. The zero-order chi connectivity index (χ0) is 20.1. The summed E-state index contributed by atoms with van der Waals surface area (Å²) < 4.78 is 8.45. The summed E-state index contributed by atoms with van der Waals surface area (Å²) in [5, 5.41) is 11.5. The fraction of sp³-hybridized carbons (Fsp3) is 0.143. The van der Waals surface area contributed by atoms with Crippen molar-refractivity contribution in [3.8, 4) is 5.75 Å². The van der Waals surface area contributed by atoms with Crippen LogP contribution in [-0.2, 0) is 19.4 Å². The van der Waals surface area contributed by atoms with E-state index in [2.05, 4.69) is 31.3 Å². The number of halogens is 1. The molecule has 0 saturated carbocycles. The van der Waals surface area contributed by atoms with Crippen molar-refractivity contribution in [3.05, 3.63) is 105 Å². The molecule has 2 heterocycles. The molecule has 4 aromatic rings. The second-order valence-corrected chi connectivity index (χ2v) is 7.31. The number of pyridine rings is 1. The van der Waals surface area contributed by atoms with E-state index in [1.165, 1.54) is 22.0 Å². The Morgan fingerprint density at radius 2 is 1.83 bits per heavy atom. The first-order valence-corrected chi connectivity index (χ1v) is 9.90. The quantitative estimate of drug-likeness (QED) is 0.430. The molecule has 29 heavy (non-hydrogen) atoms. The van der Waals surface area contributed by atoms with Crippen molar-refractivity contribution in [2.75, 3.05) is 0 Å². The second kappa shape index (κ2) is 8.83. The van der Waals surface area contributed by atoms with Crippen LogP contribution in [0.25, 0.3) is 0 Å². The van der Waals surface area contributed by atoms with Crippen LogP contribution in [0.4, 0.5) is 0 Å². The highest BCUT2D eigenvalue weighted by molar-refractivity contribution is 9.10. The summed E-state index contributed by atoms with van der Waals surface area (Å²) in [4.78, 5) is 13.5. The number of nitrogens with zero attached hydrogens (tertiary/aromatic N) is 5. The summed E-state index contributed by atoms with van der Waals surface area (Å²) in [5.74, 6) is 0.820. The minimum Gasteiger partial charge on any atom is -0.489 e. The van der Waals surface area contributed by atoms with Crippen LogP contribution in [0.5, 0.6) is 5.75 Å². The van der Waals surface area contributed by atoms with Crippen molar-refractivity contribution in [1.29, 1.82) is 0 Å². The molecule has 2 aromatic heterocycles. The monoisotopic (exact) mass is 451 g/mol. The Labute approximate surface area is 175 Å². The highest BCUT2D eigenvalue weighted by Gasteiger charge is 2.11. The summed E-state index contributed by atoms with van der Waals surface area (Å²) in [6.07, 6.45) is 2.59. The highest BCUT2D eigenvalue weighted by atomic mass is 79.9. The Bertz CT molecular complexity index is 1140. The molecular formula is C21H18BrN5O2. The molecule has 0 spiro atoms. The summed E-state index contributed by atoms with van der Waals surface area (Å²) in [5.41, 5.74) is 2.72. The van der Waals surface area contributed by atoms with E-state index in [4.69, 9.17) is 4.74 Å². The average Bonchev–Trinajstić information content (AvgIpc) is 3.26. The van der Waals surface area contributed by atoms with Gasteiger partial charge in [-0.05, 0) is 53.4 Å². The molecular weight excluding hydrogens is 434 g/mol. The van der Waals surface area contributed by atoms with Crippen molar-refractivity contribution >= 4 is 15.9 Å². The van der Waals surface area contributed by atoms with Crippen molar-refractivity contribution in [3.63, 3.8) is 0 Å². The van der Waals surface area contributed by atoms with Crippen molar-refractivity contribution in [1.82, 2.24) is 25.0 Å². The molecule has 0 unspecified atom stereocenters. The lowest BCUT2D eigenvalue weighted by Gasteiger charge is -2.14. The number of rotatable bonds is 7. The Kier molecular flexibility index (Phi) is 5.81. The lowest BCUT2D eigenvalue weighted by atomic mass is 10.1. The van der Waals surface area contributed by atoms with Gasteiger partial charge in [-0.15, -0.1) is 10.2 Å². The van der Waals surface area contributed by atoms with Crippen LogP contribution in [0.15, 0.2) is 82.3 Å². The van der Waals surface area contributed by atoms with E-state index in [9.17, 15) is 4.79 Å². The third-order valence-corrected chi connectivity index (χ3v) is 4.93. The summed E-state index contributed by atoms with van der Waals surface area (Å²) in [6, 6.07) is 21.1. The lowest BCUT2D eigenvalue weighted by molar-refractivity contribution is 0.302. The molecule has 2 aromatic carbocycles. The maximum Gasteiger partial charge on any atom is 0.272 e. The van der Waals surface area contributed by atoms with E-state index in [0.717, 1.165) is 27.0 Å². The number of hydrogen-bond acceptors (Lipinski definition) is 5. The largest absolute Gasteiger partial charge is 0.489 e. The molecule has 0 amide bonds. The van der Waals surface area contributed by atoms with Crippen molar-refractivity contribution in [2.45, 2.75) is 19.4 Å². The maximum absolute atomic E-state index is 12.3. The molecule has 8 heteroatoms. The normalized spacial score (nSPS) is 10.8. The third kappa shape index (κ3) is 4.60. The van der Waals surface area contributed by atoms with Crippen LogP contribution >= 0.6 is 15.9 Å². The molecule has 4 rings (SSSR count). The maximum atomic E-state index is 12.3. The lowest BCUT2D eigenvalue weighted by Crippen LogP contribution is -2.30. The predicted molar refractivity (Wildman–Crippen MR) is 112 cm³/mol. The first-order valence-electron chi connectivity index (χ1n) is 9.10. The average molecular weight is 452 g/mol. The fourth-order valence-corrected chi connectivity index (χ4v) is 3.46. The zero-order valence-electron chi connectivity index (χ0n) is 15.5. The van der Waals surface area contributed by atoms with Gasteiger partial charge >= 0.3 is 0 Å². The molecule has 0 aliphatic carbocycles. The van der Waals surface area contributed by atoms with Gasteiger partial charge in [-0.25, -0.2) is 0 Å². The number of ether oxygens (including phenoxy) is 1. The molecule has 0 fully saturated rings. The molecule has 0 aliphatic heterocycles. The van der Waals surface area contributed by atoms with E-state index in [1.807, 2.05) is 54.6 Å². The van der Waals surface area contributed by atoms with Gasteiger partial charge in [0.15, 0.2) is 6.33 Å². The Hall–Kier alpha value is -3.26. The number of hydrogen-bond donors (Lipinski definition) is 0. The molecule has 0 N–H and O–H groups in total. The van der Waals surface area contributed by atoms with Gasteiger partial charge in [-0.3, -0.25) is 4.79 Å². The Morgan fingerprint density at radius 3 is 2.62 bits per heavy atom. The first-order chi connectivity index (χ1) is 14.2. The van der Waals surface area contributed by atoms with Crippen molar-refractivity contribution < 1.29 is 4.74 Å². The molecule has 7 nitrogen and oxygen atoms in total. The first kappa shape index (κ1) is 19.1. The van der Waals surface area contributed by atoms with E-state index >= 15 is 0 Å². The van der Waals surface area contributed by atoms with Gasteiger partial charge in [0.1, 0.15) is 12.4 Å². The summed E-state index contributed by atoms with van der Waals surface area (Å²) in [6.45, 7) is 0.494. The molecule has 0 radical (unpaired) electrons. The SMILES string of the molecule is O=c1cccc(CCc2cc(Br)ccc2OCc2ccccc2)n1-n1ncnn1. The summed E-state index contributed by atoms with van der Waals surface area (Å²) in [7, 11) is 0. The van der Waals surface area contributed by atoms with Crippen LogP contribution in [0.3, 0.4) is 0 Å². The molecule has 0 bridgehead atoms. The number of aromatic nitrogens is 5. The van der Waals surface area contributed by atoms with E-state index < -0.39 is 0 Å². The zero-order valence-corrected chi connectivity index (χ0v) is 17.1. The fourth-order valence-electron chi connectivity index (χ4n) is 3.05. The highest BCUT2D eigenvalue weighted by Crippen LogP contribution is 2.25. The topological polar surface area (TPSA) is 74.8 Å². The van der Waals surface area contributed by atoms with Gasteiger partial charge in [-0.1, -0.05) is 57.2 Å². The Balaban J connectivity index is 1.55. The smallest absolute Gasteiger partial charge is 0.272 e. The van der Waals surface area contributed by atoms with Gasteiger partial charge in [0.25, 0.3) is 5.56 Å². The predicted octanol–water partition coefficient (Wildman–Crippen LogP) is 3.27. The number of aryl methyl sites for hydroxylation is 2. The molecule has 0 saturated heterocycles. The van der Waals surface area contributed by atoms with Crippen molar-refractivity contribution in [2.24, 2.45) is 0 Å². The van der Waals surface area contributed by atoms with Crippen LogP contribution in [0.1, 0.15) is 16.8 Å². The minimum atomic E-state index is -0.213. The second-order valence-electron chi connectivity index (χ2n) is 6.40. The van der Waals surface area contributed by atoms with Gasteiger partial charge in [0, 0.05) is 16.2 Å². The van der Waals surface area contributed by atoms with Crippen LogP contribution in [-0.4, -0.2) is 25.0 Å². The van der Waals surface area contributed by atoms with Crippen LogP contribution in [0, 0.1) is 0 Å². The van der Waals surface area contributed by atoms with Gasteiger partial charge in [-0.2, -0.15) is 4.68 Å². The minimum absolute atomic E-state index is 0.213. The Morgan fingerprint density at radius 1 is 0.966 bits per heavy atom. The number of benzene rings is 2. The number of tetrazole rings is 1. The third-order valence-electron chi connectivity index (χ3n) is 4.44. The molecule has 0 aliphatic rings. The van der Waals surface area contributed by atoms with Crippen LogP contribution in [0.2, 0.25) is 0 Å². The standard InChI is InChI=1S/C21H18BrN5O2/c22-18-10-12-20(29-14-16-5-2-1-3-6-16)17(13-18)9-11-19-7-4-8-21(28)26(19)27-24-15-23-25-27/h1-8,10,12-13,15H,9,11,14H2.